The van der Waals surface area contributed by atoms with Gasteiger partial charge in [0.25, 0.3) is 0 Å². The highest BCUT2D eigenvalue weighted by Gasteiger charge is 2.31. The highest BCUT2D eigenvalue weighted by molar-refractivity contribution is 7.63. The molecule has 0 aliphatic carbocycles. The lowest BCUT2D eigenvalue weighted by molar-refractivity contribution is 0.395. The van der Waals surface area contributed by atoms with E-state index < -0.39 is 7.60 Å². The van der Waals surface area contributed by atoms with Crippen LogP contribution in [0.3, 0.4) is 0 Å². The summed E-state index contributed by atoms with van der Waals surface area (Å²) in [5.41, 5.74) is 0. The van der Waals surface area contributed by atoms with Crippen LogP contribution < -0.4 is 14.4 Å². The molecule has 0 fully saturated rings. The summed E-state index contributed by atoms with van der Waals surface area (Å²) in [6.45, 7) is 0. The highest BCUT2D eigenvalue weighted by atomic mass is 31.2. The van der Waals surface area contributed by atoms with E-state index in [9.17, 15) is 14.8 Å². The molecule has 122 valence electrons. The van der Waals surface area contributed by atoms with Crippen molar-refractivity contribution in [1.82, 2.24) is 0 Å². The van der Waals surface area contributed by atoms with Crippen molar-refractivity contribution >= 4 is 12.9 Å². The second-order valence-corrected chi connectivity index (χ2v) is 6.89. The molecular formula is C18H15O5P. The van der Waals surface area contributed by atoms with E-state index in [-0.39, 0.29) is 23.0 Å². The summed E-state index contributed by atoms with van der Waals surface area (Å²) in [5.74, 6) is 0.401. The van der Waals surface area contributed by atoms with E-state index in [0.29, 0.717) is 5.30 Å². The van der Waals surface area contributed by atoms with Gasteiger partial charge in [-0.05, 0) is 36.4 Å². The molecule has 0 unspecified atom stereocenters. The van der Waals surface area contributed by atoms with Gasteiger partial charge in [0.15, 0.2) is 0 Å². The molecule has 0 spiro atoms. The first-order valence-corrected chi connectivity index (χ1v) is 8.72. The molecule has 5 nitrogen and oxygen atoms in total. The number of benzene rings is 3. The van der Waals surface area contributed by atoms with Gasteiger partial charge in [-0.1, -0.05) is 30.3 Å². The Hall–Kier alpha value is -2.91. The molecule has 0 radical (unpaired) electrons. The van der Waals surface area contributed by atoms with E-state index in [4.69, 9.17) is 9.05 Å². The lowest BCUT2D eigenvalue weighted by atomic mass is 10.3. The largest absolute Gasteiger partial charge is 0.508 e. The summed E-state index contributed by atoms with van der Waals surface area (Å²) >= 11 is 0. The minimum Gasteiger partial charge on any atom is -0.508 e. The second-order valence-electron chi connectivity index (χ2n) is 5.01. The maximum Gasteiger partial charge on any atom is 0.462 e. The van der Waals surface area contributed by atoms with Gasteiger partial charge >= 0.3 is 7.60 Å². The number of rotatable bonds is 5. The predicted molar refractivity (Wildman–Crippen MR) is 91.2 cm³/mol. The second kappa shape index (κ2) is 6.69. The molecule has 0 bridgehead atoms. The standard InChI is InChI=1S/C18H15O5P/c19-14-6-4-8-16(12-14)22-24(21,18-10-2-1-3-11-18)23-17-9-5-7-15(20)13-17/h1-13,19-20H. The lowest BCUT2D eigenvalue weighted by Crippen LogP contribution is -2.14. The Morgan fingerprint density at radius 1 is 0.667 bits per heavy atom. The first kappa shape index (κ1) is 16.0. The van der Waals surface area contributed by atoms with E-state index in [0.717, 1.165) is 0 Å². The average Bonchev–Trinajstić information content (AvgIpc) is 2.55. The van der Waals surface area contributed by atoms with Crippen molar-refractivity contribution in [2.75, 3.05) is 0 Å². The van der Waals surface area contributed by atoms with Gasteiger partial charge in [0, 0.05) is 12.1 Å². The van der Waals surface area contributed by atoms with Gasteiger partial charge in [-0.3, -0.25) is 0 Å². The zero-order valence-electron chi connectivity index (χ0n) is 12.6. The molecule has 6 heteroatoms. The lowest BCUT2D eigenvalue weighted by Gasteiger charge is -2.20. The molecule has 0 saturated heterocycles. The third-order valence-corrected chi connectivity index (χ3v) is 4.99. The number of hydrogen-bond donors (Lipinski definition) is 2. The van der Waals surface area contributed by atoms with E-state index in [1.54, 1.807) is 54.6 Å². The molecule has 0 aliphatic heterocycles. The number of hydrogen-bond acceptors (Lipinski definition) is 5. The van der Waals surface area contributed by atoms with Crippen LogP contribution in [0.25, 0.3) is 0 Å². The molecule has 0 amide bonds. The third-order valence-electron chi connectivity index (χ3n) is 3.16. The molecule has 0 atom stereocenters. The Morgan fingerprint density at radius 3 is 1.62 bits per heavy atom. The summed E-state index contributed by atoms with van der Waals surface area (Å²) in [4.78, 5) is 0. The fraction of sp³-hybridized carbons (Fsp3) is 0. The topological polar surface area (TPSA) is 76.0 Å². The third kappa shape index (κ3) is 3.70. The molecule has 0 aliphatic rings. The van der Waals surface area contributed by atoms with Crippen LogP contribution in [0, 0.1) is 0 Å². The van der Waals surface area contributed by atoms with Crippen LogP contribution in [0.1, 0.15) is 0 Å². The zero-order chi connectivity index (χ0) is 17.0. The highest BCUT2D eigenvalue weighted by Crippen LogP contribution is 2.48. The van der Waals surface area contributed by atoms with Gasteiger partial charge in [-0.25, -0.2) is 4.57 Å². The van der Waals surface area contributed by atoms with Crippen molar-refractivity contribution < 1.29 is 23.8 Å². The van der Waals surface area contributed by atoms with Crippen molar-refractivity contribution in [1.29, 1.82) is 0 Å². The summed E-state index contributed by atoms with van der Waals surface area (Å²) in [7, 11) is -3.78. The number of aromatic hydroxyl groups is 2. The molecule has 0 heterocycles. The summed E-state index contributed by atoms with van der Waals surface area (Å²) in [6, 6.07) is 20.5. The van der Waals surface area contributed by atoms with E-state index in [2.05, 4.69) is 0 Å². The van der Waals surface area contributed by atoms with Crippen LogP contribution in [0.4, 0.5) is 0 Å². The average molecular weight is 342 g/mol. The van der Waals surface area contributed by atoms with E-state index in [1.807, 2.05) is 0 Å². The molecule has 24 heavy (non-hydrogen) atoms. The minimum atomic E-state index is -3.78. The predicted octanol–water partition coefficient (Wildman–Crippen LogP) is 4.07. The van der Waals surface area contributed by atoms with Gasteiger partial charge in [-0.2, -0.15) is 0 Å². The number of phenolic OH excluding ortho intramolecular Hbond substituents is 2. The van der Waals surface area contributed by atoms with Crippen molar-refractivity contribution in [2.45, 2.75) is 0 Å². The SMILES string of the molecule is O=P(Oc1cccc(O)c1)(Oc1cccc(O)c1)c1ccccc1. The van der Waals surface area contributed by atoms with E-state index >= 15 is 0 Å². The van der Waals surface area contributed by atoms with Crippen LogP contribution in [0.15, 0.2) is 78.9 Å². The fourth-order valence-corrected chi connectivity index (χ4v) is 3.66. The van der Waals surface area contributed by atoms with Crippen molar-refractivity contribution in [2.24, 2.45) is 0 Å². The van der Waals surface area contributed by atoms with Crippen LogP contribution >= 0.6 is 7.60 Å². The molecule has 3 aromatic rings. The normalized spacial score (nSPS) is 11.0. The summed E-state index contributed by atoms with van der Waals surface area (Å²) in [6.07, 6.45) is 0. The van der Waals surface area contributed by atoms with Crippen LogP contribution in [-0.4, -0.2) is 10.2 Å². The quantitative estimate of drug-likeness (QED) is 0.684. The van der Waals surface area contributed by atoms with Crippen molar-refractivity contribution in [3.8, 4) is 23.0 Å². The maximum absolute atomic E-state index is 13.4. The molecule has 2 N–H and O–H groups in total. The molecular weight excluding hydrogens is 327 g/mol. The van der Waals surface area contributed by atoms with Crippen molar-refractivity contribution in [3.05, 3.63) is 78.9 Å². The number of phenols is 2. The van der Waals surface area contributed by atoms with Gasteiger partial charge in [0.2, 0.25) is 0 Å². The first-order chi connectivity index (χ1) is 11.5. The fourth-order valence-electron chi connectivity index (χ4n) is 2.09. The molecule has 0 saturated carbocycles. The molecule has 3 aromatic carbocycles. The van der Waals surface area contributed by atoms with E-state index in [1.165, 1.54) is 24.3 Å². The zero-order valence-corrected chi connectivity index (χ0v) is 13.5. The Bertz CT molecular complexity index is 828. The Balaban J connectivity index is 1.99. The van der Waals surface area contributed by atoms with Gasteiger partial charge in [-0.15, -0.1) is 0 Å². The Morgan fingerprint density at radius 2 is 1.17 bits per heavy atom. The molecule has 0 aromatic heterocycles. The van der Waals surface area contributed by atoms with Gasteiger partial charge in [0.05, 0.1) is 5.30 Å². The van der Waals surface area contributed by atoms with Gasteiger partial charge in [0.1, 0.15) is 23.0 Å². The Kier molecular flexibility index (Phi) is 4.45. The summed E-state index contributed by atoms with van der Waals surface area (Å²) in [5, 5.41) is 19.5. The van der Waals surface area contributed by atoms with Crippen molar-refractivity contribution in [3.63, 3.8) is 0 Å². The van der Waals surface area contributed by atoms with Crippen LogP contribution in [0.2, 0.25) is 0 Å². The molecule has 3 rings (SSSR count). The Labute approximate surface area is 139 Å². The first-order valence-electron chi connectivity index (χ1n) is 7.18. The smallest absolute Gasteiger partial charge is 0.462 e. The summed E-state index contributed by atoms with van der Waals surface area (Å²) < 4.78 is 24.6. The minimum absolute atomic E-state index is 0.00975. The van der Waals surface area contributed by atoms with Crippen LogP contribution in [0.5, 0.6) is 23.0 Å². The maximum atomic E-state index is 13.4. The monoisotopic (exact) mass is 342 g/mol. The van der Waals surface area contributed by atoms with Crippen LogP contribution in [-0.2, 0) is 4.57 Å². The van der Waals surface area contributed by atoms with Gasteiger partial charge < -0.3 is 19.3 Å².